The van der Waals surface area contributed by atoms with Crippen molar-refractivity contribution in [3.05, 3.63) is 0 Å². The van der Waals surface area contributed by atoms with Gasteiger partial charge in [-0.05, 0) is 79.4 Å². The summed E-state index contributed by atoms with van der Waals surface area (Å²) in [5, 5.41) is 10.2. The van der Waals surface area contributed by atoms with Gasteiger partial charge in [-0.15, -0.1) is 0 Å². The molecule has 2 heteroatoms. The van der Waals surface area contributed by atoms with Gasteiger partial charge in [0.2, 0.25) is 0 Å². The van der Waals surface area contributed by atoms with Gasteiger partial charge in [0.05, 0.1) is 6.10 Å². The molecule has 2 unspecified atom stereocenters. The van der Waals surface area contributed by atoms with E-state index in [0.29, 0.717) is 22.5 Å². The predicted octanol–water partition coefficient (Wildman–Crippen LogP) is 3.96. The van der Waals surface area contributed by atoms with Crippen molar-refractivity contribution in [2.75, 3.05) is 0 Å². The molecule has 4 rings (SSSR count). The summed E-state index contributed by atoms with van der Waals surface area (Å²) in [7, 11) is 0. The van der Waals surface area contributed by atoms with Crippen molar-refractivity contribution in [2.24, 2.45) is 34.5 Å². The lowest BCUT2D eigenvalue weighted by atomic mass is 9.45. The van der Waals surface area contributed by atoms with Crippen LogP contribution in [0.25, 0.3) is 0 Å². The third-order valence-corrected chi connectivity index (χ3v) is 8.23. The lowest BCUT2D eigenvalue weighted by molar-refractivity contribution is -0.137. The van der Waals surface area contributed by atoms with Crippen molar-refractivity contribution in [1.82, 2.24) is 0 Å². The van der Waals surface area contributed by atoms with Gasteiger partial charge in [0.25, 0.3) is 0 Å². The number of aliphatic hydroxyl groups is 1. The Morgan fingerprint density at radius 3 is 2.71 bits per heavy atom. The zero-order valence-corrected chi connectivity index (χ0v) is 13.6. The van der Waals surface area contributed by atoms with E-state index in [1.165, 1.54) is 25.7 Å². The second-order valence-electron chi connectivity index (χ2n) is 9.19. The van der Waals surface area contributed by atoms with Crippen LogP contribution in [0.1, 0.15) is 71.6 Å². The van der Waals surface area contributed by atoms with Gasteiger partial charge < -0.3 is 5.11 Å². The zero-order valence-electron chi connectivity index (χ0n) is 13.6. The van der Waals surface area contributed by atoms with Crippen molar-refractivity contribution in [1.29, 1.82) is 0 Å². The number of Topliss-reactive ketones (excluding diaryl/α,β-unsaturated/α-hetero) is 1. The predicted molar refractivity (Wildman–Crippen MR) is 82.7 cm³/mol. The normalized spacial score (nSPS) is 56.5. The van der Waals surface area contributed by atoms with Gasteiger partial charge in [0, 0.05) is 12.8 Å². The van der Waals surface area contributed by atoms with Gasteiger partial charge in [-0.2, -0.15) is 0 Å². The molecule has 7 atom stereocenters. The first-order valence-electron chi connectivity index (χ1n) is 9.12. The Bertz CT molecular complexity index is 458. The van der Waals surface area contributed by atoms with E-state index < -0.39 is 0 Å². The summed E-state index contributed by atoms with van der Waals surface area (Å²) in [5.74, 6) is 3.52. The number of carbonyl (C=O) groups excluding carboxylic acids is 1. The smallest absolute Gasteiger partial charge is 0.133 e. The van der Waals surface area contributed by atoms with Crippen LogP contribution < -0.4 is 0 Å². The van der Waals surface area contributed by atoms with Crippen molar-refractivity contribution < 1.29 is 9.90 Å². The van der Waals surface area contributed by atoms with Crippen LogP contribution in [0.3, 0.4) is 0 Å². The maximum atomic E-state index is 11.9. The maximum absolute atomic E-state index is 11.9. The first-order chi connectivity index (χ1) is 9.92. The molecular formula is C19H30O2. The van der Waals surface area contributed by atoms with Crippen LogP contribution in [-0.4, -0.2) is 17.0 Å². The number of fused-ring (bicyclic) bond motifs is 5. The molecule has 0 aromatic heterocycles. The molecule has 4 aliphatic rings. The molecule has 118 valence electrons. The van der Waals surface area contributed by atoms with Gasteiger partial charge in [-0.3, -0.25) is 4.79 Å². The van der Waals surface area contributed by atoms with E-state index in [9.17, 15) is 9.90 Å². The molecular weight excluding hydrogens is 260 g/mol. The molecule has 4 aliphatic carbocycles. The number of aliphatic hydroxyl groups excluding tert-OH is 1. The SMILES string of the molecule is C[C@]12CC[C@H]3[C@@H](CCC4CC(=O)CC[C@@]43C)[C@@H]1CC(O)C2. The van der Waals surface area contributed by atoms with Gasteiger partial charge >= 0.3 is 0 Å². The standard InChI is InChI=1S/C19H30O2/c1-18-7-6-16-15(17(18)10-14(21)11-18)4-3-12-9-13(20)5-8-19(12,16)2/h12,14-17,21H,3-11H2,1-2H3/t12?,14?,15-,16+,17+,18-,19+/m1/s1. The largest absolute Gasteiger partial charge is 0.393 e. The summed E-state index contributed by atoms with van der Waals surface area (Å²) in [5.41, 5.74) is 0.806. The number of ketones is 1. The minimum Gasteiger partial charge on any atom is -0.393 e. The first-order valence-corrected chi connectivity index (χ1v) is 9.12. The van der Waals surface area contributed by atoms with Crippen LogP contribution >= 0.6 is 0 Å². The monoisotopic (exact) mass is 290 g/mol. The van der Waals surface area contributed by atoms with Gasteiger partial charge in [0.15, 0.2) is 0 Å². The third-order valence-electron chi connectivity index (χ3n) is 8.23. The summed E-state index contributed by atoms with van der Waals surface area (Å²) < 4.78 is 0. The summed E-state index contributed by atoms with van der Waals surface area (Å²) >= 11 is 0. The molecule has 0 aromatic carbocycles. The van der Waals surface area contributed by atoms with Gasteiger partial charge in [-0.25, -0.2) is 0 Å². The average molecular weight is 290 g/mol. The van der Waals surface area contributed by atoms with E-state index in [1.807, 2.05) is 0 Å². The molecule has 1 N–H and O–H groups in total. The Morgan fingerprint density at radius 2 is 1.90 bits per heavy atom. The molecule has 2 nitrogen and oxygen atoms in total. The Labute approximate surface area is 128 Å². The second-order valence-corrected chi connectivity index (χ2v) is 9.19. The Hall–Kier alpha value is -0.370. The van der Waals surface area contributed by atoms with Gasteiger partial charge in [-0.1, -0.05) is 13.8 Å². The lowest BCUT2D eigenvalue weighted by Crippen LogP contribution is -2.52. The lowest BCUT2D eigenvalue weighted by Gasteiger charge is -2.59. The van der Waals surface area contributed by atoms with Crippen LogP contribution in [0.2, 0.25) is 0 Å². The molecule has 0 radical (unpaired) electrons. The van der Waals surface area contributed by atoms with E-state index in [1.54, 1.807) is 0 Å². The molecule has 0 aliphatic heterocycles. The van der Waals surface area contributed by atoms with E-state index >= 15 is 0 Å². The first kappa shape index (κ1) is 14.2. The molecule has 0 heterocycles. The molecule has 4 saturated carbocycles. The van der Waals surface area contributed by atoms with Crippen molar-refractivity contribution in [2.45, 2.75) is 77.7 Å². The number of carbonyl (C=O) groups is 1. The number of rotatable bonds is 0. The second kappa shape index (κ2) is 4.57. The highest BCUT2D eigenvalue weighted by Gasteiger charge is 2.59. The fourth-order valence-electron chi connectivity index (χ4n) is 7.07. The molecule has 0 bridgehead atoms. The Morgan fingerprint density at radius 1 is 1.10 bits per heavy atom. The summed E-state index contributed by atoms with van der Waals surface area (Å²) in [6, 6.07) is 0. The molecule has 4 fully saturated rings. The molecule has 0 saturated heterocycles. The van der Waals surface area contributed by atoms with E-state index in [0.717, 1.165) is 49.9 Å². The van der Waals surface area contributed by atoms with Crippen LogP contribution in [0, 0.1) is 34.5 Å². The van der Waals surface area contributed by atoms with Gasteiger partial charge in [0.1, 0.15) is 5.78 Å². The number of hydrogen-bond acceptors (Lipinski definition) is 2. The van der Waals surface area contributed by atoms with E-state index in [-0.39, 0.29) is 6.10 Å². The highest BCUT2D eigenvalue weighted by atomic mass is 16.3. The Balaban J connectivity index is 1.63. The topological polar surface area (TPSA) is 37.3 Å². The quantitative estimate of drug-likeness (QED) is 0.733. The van der Waals surface area contributed by atoms with Crippen molar-refractivity contribution in [3.8, 4) is 0 Å². The molecule has 0 aromatic rings. The fourth-order valence-corrected chi connectivity index (χ4v) is 7.07. The highest BCUT2D eigenvalue weighted by Crippen LogP contribution is 2.65. The summed E-state index contributed by atoms with van der Waals surface area (Å²) in [6.45, 7) is 4.93. The molecule has 21 heavy (non-hydrogen) atoms. The highest BCUT2D eigenvalue weighted by molar-refractivity contribution is 5.79. The van der Waals surface area contributed by atoms with Crippen LogP contribution in [0.5, 0.6) is 0 Å². The van der Waals surface area contributed by atoms with E-state index in [4.69, 9.17) is 0 Å². The molecule has 0 spiro atoms. The minimum atomic E-state index is -0.0581. The molecule has 0 amide bonds. The zero-order chi connectivity index (χ0) is 14.8. The van der Waals surface area contributed by atoms with Crippen molar-refractivity contribution in [3.63, 3.8) is 0 Å². The number of hydrogen-bond donors (Lipinski definition) is 1. The minimum absolute atomic E-state index is 0.0581. The average Bonchev–Trinajstić information content (AvgIpc) is 2.74. The van der Waals surface area contributed by atoms with Crippen LogP contribution in [-0.2, 0) is 4.79 Å². The summed E-state index contributed by atoms with van der Waals surface area (Å²) in [6.07, 6.45) is 10.0. The van der Waals surface area contributed by atoms with E-state index in [2.05, 4.69) is 13.8 Å². The van der Waals surface area contributed by atoms with Crippen LogP contribution in [0.4, 0.5) is 0 Å². The summed E-state index contributed by atoms with van der Waals surface area (Å²) in [4.78, 5) is 11.9. The maximum Gasteiger partial charge on any atom is 0.133 e. The third kappa shape index (κ3) is 1.97. The van der Waals surface area contributed by atoms with Crippen LogP contribution in [0.15, 0.2) is 0 Å². The Kier molecular flexibility index (Phi) is 3.10. The van der Waals surface area contributed by atoms with Crippen molar-refractivity contribution >= 4 is 5.78 Å². The fraction of sp³-hybridized carbons (Fsp3) is 0.947.